The largest absolute Gasteiger partial charge is 0.402 e. The van der Waals surface area contributed by atoms with Gasteiger partial charge in [-0.1, -0.05) is 24.8 Å². The van der Waals surface area contributed by atoms with Crippen molar-refractivity contribution in [1.82, 2.24) is 9.78 Å². The third kappa shape index (κ3) is 4.93. The minimum absolute atomic E-state index is 0.0903. The van der Waals surface area contributed by atoms with Crippen LogP contribution in [0.5, 0.6) is 0 Å². The molecule has 2 aromatic carbocycles. The fourth-order valence-corrected chi connectivity index (χ4v) is 4.23. The number of aryl methyl sites for hydroxylation is 1. The number of benzene rings is 2. The lowest BCUT2D eigenvalue weighted by molar-refractivity contribution is 0.103. The first kappa shape index (κ1) is 21.3. The van der Waals surface area contributed by atoms with Gasteiger partial charge in [0.25, 0.3) is 0 Å². The third-order valence-corrected chi connectivity index (χ3v) is 6.06. The normalized spacial score (nSPS) is 11.4. The molecule has 0 aliphatic heterocycles. The number of carbonyl (C=O) groups excluding carboxylic acids is 1. The molecule has 9 heteroatoms. The number of sulfone groups is 1. The van der Waals surface area contributed by atoms with E-state index in [0.29, 0.717) is 16.8 Å². The van der Waals surface area contributed by atoms with Gasteiger partial charge in [-0.3, -0.25) is 4.79 Å². The lowest BCUT2D eigenvalue weighted by Crippen LogP contribution is -2.17. The number of carbonyl (C=O) groups is 1. The summed E-state index contributed by atoms with van der Waals surface area (Å²) in [5, 5.41) is 4.13. The zero-order valence-electron chi connectivity index (χ0n) is 16.1. The molecule has 1 aromatic heterocycles. The average Bonchev–Trinajstić information content (AvgIpc) is 3.07. The van der Waals surface area contributed by atoms with E-state index in [1.165, 1.54) is 35.1 Å². The minimum atomic E-state index is -3.37. The van der Waals surface area contributed by atoms with Crippen LogP contribution < -0.4 is 11.5 Å². The van der Waals surface area contributed by atoms with Gasteiger partial charge in [-0.05, 0) is 42.3 Å². The topological polar surface area (TPSA) is 121 Å². The van der Waals surface area contributed by atoms with Gasteiger partial charge in [0.1, 0.15) is 11.6 Å². The second-order valence-electron chi connectivity index (χ2n) is 6.86. The van der Waals surface area contributed by atoms with Crippen LogP contribution in [0.15, 0.2) is 67.0 Å². The van der Waals surface area contributed by atoms with Crippen LogP contribution in [0.1, 0.15) is 21.5 Å². The van der Waals surface area contributed by atoms with Crippen molar-refractivity contribution >= 4 is 21.4 Å². The Balaban J connectivity index is 1.80. The van der Waals surface area contributed by atoms with Crippen molar-refractivity contribution in [2.75, 3.05) is 17.2 Å². The Bertz CT molecular complexity index is 1200. The Labute approximate surface area is 173 Å². The highest BCUT2D eigenvalue weighted by Crippen LogP contribution is 2.21. The summed E-state index contributed by atoms with van der Waals surface area (Å²) in [4.78, 5) is 12.9. The van der Waals surface area contributed by atoms with Gasteiger partial charge >= 0.3 is 0 Å². The Morgan fingerprint density at radius 1 is 1.17 bits per heavy atom. The first-order valence-corrected chi connectivity index (χ1v) is 10.8. The smallest absolute Gasteiger partial charge is 0.198 e. The van der Waals surface area contributed by atoms with Gasteiger partial charge in [0, 0.05) is 11.3 Å². The van der Waals surface area contributed by atoms with Gasteiger partial charge in [-0.15, -0.1) is 0 Å². The number of halogens is 1. The highest BCUT2D eigenvalue weighted by molar-refractivity contribution is 7.91. The van der Waals surface area contributed by atoms with E-state index in [1.54, 1.807) is 24.3 Å². The van der Waals surface area contributed by atoms with Crippen LogP contribution in [0, 0.1) is 5.82 Å². The number of hydrogen-bond donors (Lipinski definition) is 2. The van der Waals surface area contributed by atoms with E-state index in [4.69, 9.17) is 11.5 Å². The van der Waals surface area contributed by atoms with Crippen LogP contribution in [0.4, 0.5) is 10.2 Å². The molecule has 3 aromatic rings. The number of hydrogen-bond acceptors (Lipinski definition) is 6. The lowest BCUT2D eigenvalue weighted by atomic mass is 10.0. The van der Waals surface area contributed by atoms with Crippen molar-refractivity contribution < 1.29 is 17.6 Å². The molecule has 0 radical (unpaired) electrons. The van der Waals surface area contributed by atoms with Gasteiger partial charge in [0.2, 0.25) is 0 Å². The summed E-state index contributed by atoms with van der Waals surface area (Å²) in [6, 6.07) is 12.2. The minimum Gasteiger partial charge on any atom is -0.402 e. The Hall–Kier alpha value is -3.46. The molecule has 30 heavy (non-hydrogen) atoms. The number of ketones is 1. The van der Waals surface area contributed by atoms with Gasteiger partial charge in [-0.2, -0.15) is 5.10 Å². The monoisotopic (exact) mass is 428 g/mol. The fourth-order valence-electron chi connectivity index (χ4n) is 2.97. The molecule has 156 valence electrons. The van der Waals surface area contributed by atoms with E-state index >= 15 is 0 Å². The maximum Gasteiger partial charge on any atom is 0.198 e. The van der Waals surface area contributed by atoms with Gasteiger partial charge in [0.05, 0.1) is 29.0 Å². The van der Waals surface area contributed by atoms with Crippen molar-refractivity contribution in [2.24, 2.45) is 5.73 Å². The molecule has 0 fully saturated rings. The number of aromatic nitrogens is 2. The van der Waals surface area contributed by atoms with Crippen LogP contribution in [0.25, 0.3) is 5.69 Å². The van der Waals surface area contributed by atoms with Gasteiger partial charge < -0.3 is 11.5 Å². The van der Waals surface area contributed by atoms with Crippen molar-refractivity contribution in [2.45, 2.75) is 6.42 Å². The number of nitrogens with two attached hydrogens (primary N) is 2. The predicted molar refractivity (Wildman–Crippen MR) is 113 cm³/mol. The number of nitrogens with zero attached hydrogens (tertiary/aromatic N) is 2. The van der Waals surface area contributed by atoms with Crippen LogP contribution in [0.2, 0.25) is 0 Å². The first-order valence-electron chi connectivity index (χ1n) is 9.03. The number of anilines is 1. The molecule has 7 nitrogen and oxygen atoms in total. The summed E-state index contributed by atoms with van der Waals surface area (Å²) >= 11 is 0. The quantitative estimate of drug-likeness (QED) is 0.531. The summed E-state index contributed by atoms with van der Waals surface area (Å²) < 4.78 is 38.5. The molecule has 0 bridgehead atoms. The predicted octanol–water partition coefficient (Wildman–Crippen LogP) is 2.25. The Morgan fingerprint density at radius 2 is 1.87 bits per heavy atom. The van der Waals surface area contributed by atoms with E-state index in [1.807, 2.05) is 0 Å². The Morgan fingerprint density at radius 3 is 2.53 bits per heavy atom. The van der Waals surface area contributed by atoms with Crippen molar-refractivity contribution in [3.05, 3.63) is 89.5 Å². The molecule has 0 spiro atoms. The molecule has 0 aliphatic carbocycles. The van der Waals surface area contributed by atoms with E-state index < -0.39 is 15.7 Å². The maximum atomic E-state index is 13.1. The summed E-state index contributed by atoms with van der Waals surface area (Å²) in [5.74, 6) is -0.992. The van der Waals surface area contributed by atoms with E-state index in [9.17, 15) is 17.6 Å². The second-order valence-corrected chi connectivity index (χ2v) is 9.05. The second kappa shape index (κ2) is 8.50. The molecular weight excluding hydrogens is 407 g/mol. The summed E-state index contributed by atoms with van der Waals surface area (Å²) in [7, 11) is -3.37. The highest BCUT2D eigenvalue weighted by Gasteiger charge is 2.19. The van der Waals surface area contributed by atoms with Crippen LogP contribution in [0.3, 0.4) is 0 Å². The van der Waals surface area contributed by atoms with E-state index in [-0.39, 0.29) is 40.8 Å². The van der Waals surface area contributed by atoms with Crippen molar-refractivity contribution in [3.63, 3.8) is 0 Å². The molecule has 0 saturated heterocycles. The van der Waals surface area contributed by atoms with Crippen LogP contribution in [-0.4, -0.2) is 35.5 Å². The van der Waals surface area contributed by atoms with Gasteiger partial charge in [-0.25, -0.2) is 17.5 Å². The standard InChI is InChI=1S/C21H21FN4O3S/c1-14(23)13-30(28,29)10-9-15-3-2-4-16(11-15)20(27)19-12-25-26(21(19)24)18-7-5-17(22)6-8-18/h2-8,11-12H,1,9-10,13,23-24H2. The fraction of sp³-hybridized carbons (Fsp3) is 0.143. The van der Waals surface area contributed by atoms with Crippen LogP contribution >= 0.6 is 0 Å². The Kier molecular flexibility index (Phi) is 6.02. The van der Waals surface area contributed by atoms with E-state index in [0.717, 1.165) is 0 Å². The molecule has 0 saturated carbocycles. The van der Waals surface area contributed by atoms with Crippen LogP contribution in [-0.2, 0) is 16.3 Å². The first-order chi connectivity index (χ1) is 14.2. The number of nitrogen functional groups attached to an aromatic ring is 1. The lowest BCUT2D eigenvalue weighted by Gasteiger charge is -2.07. The third-order valence-electron chi connectivity index (χ3n) is 4.42. The SMILES string of the molecule is C=C(N)CS(=O)(=O)CCc1cccc(C(=O)c2cnn(-c3ccc(F)cc3)c2N)c1. The zero-order valence-corrected chi connectivity index (χ0v) is 16.9. The van der Waals surface area contributed by atoms with E-state index in [2.05, 4.69) is 11.7 Å². The summed E-state index contributed by atoms with van der Waals surface area (Å²) in [5.41, 5.74) is 13.3. The van der Waals surface area contributed by atoms with Crippen molar-refractivity contribution in [3.8, 4) is 5.69 Å². The summed E-state index contributed by atoms with van der Waals surface area (Å²) in [6.07, 6.45) is 1.59. The molecular formula is C21H21FN4O3S. The van der Waals surface area contributed by atoms with Crippen molar-refractivity contribution in [1.29, 1.82) is 0 Å². The highest BCUT2D eigenvalue weighted by atomic mass is 32.2. The molecule has 0 atom stereocenters. The molecule has 0 amide bonds. The summed E-state index contributed by atoms with van der Waals surface area (Å²) in [6.45, 7) is 3.42. The van der Waals surface area contributed by atoms with Gasteiger partial charge in [0.15, 0.2) is 15.6 Å². The maximum absolute atomic E-state index is 13.1. The molecule has 4 N–H and O–H groups in total. The zero-order chi connectivity index (χ0) is 21.9. The number of rotatable bonds is 8. The average molecular weight is 428 g/mol. The molecule has 0 unspecified atom stereocenters. The molecule has 0 aliphatic rings. The molecule has 1 heterocycles. The molecule has 3 rings (SSSR count).